The van der Waals surface area contributed by atoms with Gasteiger partial charge in [-0.25, -0.2) is 4.79 Å². The number of carbonyl (C=O) groups is 2. The van der Waals surface area contributed by atoms with Crippen molar-refractivity contribution in [2.45, 2.75) is 25.5 Å². The number of aliphatic carboxylic acids is 1. The quantitative estimate of drug-likeness (QED) is 0.760. The number of amides is 1. The monoisotopic (exact) mass is 307 g/mol. The minimum atomic E-state index is -1.00. The topological polar surface area (TPSA) is 66.4 Å². The Morgan fingerprint density at radius 3 is 2.76 bits per heavy atom. The summed E-state index contributed by atoms with van der Waals surface area (Å²) in [7, 11) is 0. The number of rotatable bonds is 7. The molecule has 1 rings (SSSR count). The summed E-state index contributed by atoms with van der Waals surface area (Å²) < 4.78 is 0. The predicted octanol–water partition coefficient (Wildman–Crippen LogP) is 2.96. The Kier molecular flexibility index (Phi) is 7.02. The Labute approximate surface area is 129 Å². The summed E-state index contributed by atoms with van der Waals surface area (Å²) in [5.74, 6) is -1.12. The van der Waals surface area contributed by atoms with Crippen LogP contribution in [-0.4, -0.2) is 35.0 Å². The molecule has 114 valence electrons. The number of nitrogens with one attached hydrogen (secondary N) is 1. The van der Waals surface area contributed by atoms with Crippen molar-refractivity contribution < 1.29 is 14.7 Å². The zero-order chi connectivity index (χ0) is 15.8. The highest BCUT2D eigenvalue weighted by Crippen LogP contribution is 2.15. The van der Waals surface area contributed by atoms with E-state index in [1.165, 1.54) is 6.08 Å². The first-order valence-corrected chi connectivity index (χ1v) is 8.06. The van der Waals surface area contributed by atoms with Crippen molar-refractivity contribution in [1.82, 2.24) is 5.32 Å². The summed E-state index contributed by atoms with van der Waals surface area (Å²) >= 11 is 1.77. The fourth-order valence-corrected chi connectivity index (χ4v) is 2.20. The zero-order valence-electron chi connectivity index (χ0n) is 12.6. The molecule has 0 bridgehead atoms. The van der Waals surface area contributed by atoms with E-state index in [0.29, 0.717) is 17.4 Å². The number of hydrogen-bond donors (Lipinski definition) is 2. The first kappa shape index (κ1) is 17.3. The smallest absolute Gasteiger partial charge is 0.328 e. The molecule has 0 saturated carbocycles. The van der Waals surface area contributed by atoms with Gasteiger partial charge in [-0.05, 0) is 42.9 Å². The zero-order valence-corrected chi connectivity index (χ0v) is 13.4. The Hall–Kier alpha value is -1.75. The van der Waals surface area contributed by atoms with Crippen LogP contribution < -0.4 is 5.32 Å². The summed E-state index contributed by atoms with van der Waals surface area (Å²) in [4.78, 5) is 22.7. The minimum Gasteiger partial charge on any atom is -0.478 e. The van der Waals surface area contributed by atoms with E-state index in [0.717, 1.165) is 23.6 Å². The minimum absolute atomic E-state index is 0.119. The van der Waals surface area contributed by atoms with Crippen LogP contribution in [0.15, 0.2) is 24.3 Å². The summed E-state index contributed by atoms with van der Waals surface area (Å²) in [5, 5.41) is 12.1. The third-order valence-corrected chi connectivity index (χ3v) is 4.31. The summed E-state index contributed by atoms with van der Waals surface area (Å²) in [6.45, 7) is 4.58. The number of carboxylic acids is 1. The average molecular weight is 307 g/mol. The van der Waals surface area contributed by atoms with Crippen LogP contribution in [0.2, 0.25) is 0 Å². The van der Waals surface area contributed by atoms with E-state index in [1.807, 2.05) is 6.92 Å². The van der Waals surface area contributed by atoms with Gasteiger partial charge in [0.1, 0.15) is 0 Å². The van der Waals surface area contributed by atoms with Gasteiger partial charge in [-0.15, -0.1) is 0 Å². The van der Waals surface area contributed by atoms with Crippen LogP contribution in [0.3, 0.4) is 0 Å². The van der Waals surface area contributed by atoms with Crippen LogP contribution in [0.25, 0.3) is 6.08 Å². The number of thioether (sulfide) groups is 1. The van der Waals surface area contributed by atoms with Crippen molar-refractivity contribution in [2.75, 3.05) is 12.8 Å². The van der Waals surface area contributed by atoms with Gasteiger partial charge in [-0.2, -0.15) is 11.8 Å². The van der Waals surface area contributed by atoms with E-state index < -0.39 is 5.97 Å². The Balaban J connectivity index is 2.76. The lowest BCUT2D eigenvalue weighted by atomic mass is 10.0. The molecule has 0 saturated heterocycles. The van der Waals surface area contributed by atoms with Crippen molar-refractivity contribution in [2.24, 2.45) is 0 Å². The molecule has 1 atom stereocenters. The summed E-state index contributed by atoms with van der Waals surface area (Å²) in [6.07, 6.45) is 5.55. The molecule has 0 heterocycles. The first-order valence-electron chi connectivity index (χ1n) is 6.77. The maximum Gasteiger partial charge on any atom is 0.328 e. The highest BCUT2D eigenvalue weighted by Gasteiger charge is 2.10. The van der Waals surface area contributed by atoms with Crippen LogP contribution in [0, 0.1) is 6.92 Å². The van der Waals surface area contributed by atoms with Gasteiger partial charge in [0.25, 0.3) is 5.91 Å². The second-order valence-electron chi connectivity index (χ2n) is 4.78. The molecule has 1 amide bonds. The Morgan fingerprint density at radius 2 is 2.14 bits per heavy atom. The normalized spacial score (nSPS) is 12.3. The second kappa shape index (κ2) is 8.52. The lowest BCUT2D eigenvalue weighted by Gasteiger charge is -2.11. The molecule has 0 aromatic heterocycles. The maximum atomic E-state index is 12.2. The van der Waals surface area contributed by atoms with E-state index in [9.17, 15) is 9.59 Å². The number of carbonyl (C=O) groups excluding carboxylic acids is 1. The van der Waals surface area contributed by atoms with Crippen LogP contribution >= 0.6 is 11.8 Å². The fourth-order valence-electron chi connectivity index (χ4n) is 1.84. The lowest BCUT2D eigenvalue weighted by Crippen LogP contribution is -2.26. The van der Waals surface area contributed by atoms with Crippen molar-refractivity contribution in [3.8, 4) is 0 Å². The lowest BCUT2D eigenvalue weighted by molar-refractivity contribution is -0.131. The highest BCUT2D eigenvalue weighted by atomic mass is 32.2. The number of hydrogen-bond acceptors (Lipinski definition) is 3. The van der Waals surface area contributed by atoms with Crippen molar-refractivity contribution >= 4 is 29.7 Å². The van der Waals surface area contributed by atoms with Crippen molar-refractivity contribution in [3.63, 3.8) is 0 Å². The second-order valence-corrected chi connectivity index (χ2v) is 6.06. The molecule has 1 aromatic carbocycles. The summed E-state index contributed by atoms with van der Waals surface area (Å²) in [6, 6.07) is 5.30. The van der Waals surface area contributed by atoms with Crippen LogP contribution in [-0.2, 0) is 4.79 Å². The van der Waals surface area contributed by atoms with Crippen LogP contribution in [0.5, 0.6) is 0 Å². The van der Waals surface area contributed by atoms with E-state index in [-0.39, 0.29) is 5.91 Å². The molecule has 1 unspecified atom stereocenters. The summed E-state index contributed by atoms with van der Waals surface area (Å²) in [5.41, 5.74) is 2.10. The molecule has 5 heteroatoms. The first-order chi connectivity index (χ1) is 9.95. The molecule has 21 heavy (non-hydrogen) atoms. The largest absolute Gasteiger partial charge is 0.478 e. The molecule has 4 nitrogen and oxygen atoms in total. The SMILES string of the molecule is CSC(C)CCNC(=O)c1cccc(/C=C/C(=O)O)c1C. The van der Waals surface area contributed by atoms with E-state index in [4.69, 9.17) is 5.11 Å². The van der Waals surface area contributed by atoms with Gasteiger partial charge in [0.05, 0.1) is 0 Å². The van der Waals surface area contributed by atoms with Crippen molar-refractivity contribution in [3.05, 3.63) is 41.0 Å². The van der Waals surface area contributed by atoms with E-state index in [1.54, 1.807) is 30.0 Å². The van der Waals surface area contributed by atoms with Gasteiger partial charge >= 0.3 is 5.97 Å². The van der Waals surface area contributed by atoms with Gasteiger partial charge in [0, 0.05) is 23.4 Å². The standard InChI is InChI=1S/C16H21NO3S/c1-11(21-3)9-10-17-16(20)14-6-4-5-13(12(14)2)7-8-15(18)19/h4-8,11H,9-10H2,1-3H3,(H,17,20)(H,18,19)/b8-7+. The van der Waals surface area contributed by atoms with Gasteiger partial charge in [-0.3, -0.25) is 4.79 Å². The van der Waals surface area contributed by atoms with Gasteiger partial charge in [-0.1, -0.05) is 19.1 Å². The van der Waals surface area contributed by atoms with E-state index >= 15 is 0 Å². The molecule has 0 fully saturated rings. The van der Waals surface area contributed by atoms with Gasteiger partial charge in [0.2, 0.25) is 0 Å². The van der Waals surface area contributed by atoms with Gasteiger partial charge < -0.3 is 10.4 Å². The molecule has 1 aromatic rings. The van der Waals surface area contributed by atoms with Crippen LogP contribution in [0.4, 0.5) is 0 Å². The molecule has 0 aliphatic carbocycles. The van der Waals surface area contributed by atoms with Crippen molar-refractivity contribution in [1.29, 1.82) is 0 Å². The molecule has 0 aliphatic rings. The van der Waals surface area contributed by atoms with E-state index in [2.05, 4.69) is 18.5 Å². The number of carboxylic acid groups (broad SMARTS) is 1. The third kappa shape index (κ3) is 5.63. The molecule has 2 N–H and O–H groups in total. The fraction of sp³-hybridized carbons (Fsp3) is 0.375. The third-order valence-electron chi connectivity index (χ3n) is 3.26. The average Bonchev–Trinajstić information content (AvgIpc) is 2.45. The molecule has 0 aliphatic heterocycles. The predicted molar refractivity (Wildman–Crippen MR) is 87.8 cm³/mol. The Bertz CT molecular complexity index is 540. The highest BCUT2D eigenvalue weighted by molar-refractivity contribution is 7.99. The Morgan fingerprint density at radius 1 is 1.43 bits per heavy atom. The van der Waals surface area contributed by atoms with Gasteiger partial charge in [0.15, 0.2) is 0 Å². The molecular weight excluding hydrogens is 286 g/mol. The number of benzene rings is 1. The molecule has 0 radical (unpaired) electrons. The molecule has 0 spiro atoms. The molecular formula is C16H21NO3S. The van der Waals surface area contributed by atoms with Crippen LogP contribution in [0.1, 0.15) is 34.8 Å². The maximum absolute atomic E-state index is 12.2.